The maximum atomic E-state index is 10.3. The lowest BCUT2D eigenvalue weighted by Gasteiger charge is -2.17. The van der Waals surface area contributed by atoms with Crippen LogP contribution in [0.3, 0.4) is 0 Å². The Bertz CT molecular complexity index is 838. The van der Waals surface area contributed by atoms with Crippen molar-refractivity contribution in [3.05, 3.63) is 58.6 Å². The van der Waals surface area contributed by atoms with Gasteiger partial charge in [-0.05, 0) is 46.3 Å². The van der Waals surface area contributed by atoms with Gasteiger partial charge in [0.15, 0.2) is 0 Å². The summed E-state index contributed by atoms with van der Waals surface area (Å²) in [5, 5.41) is 1.12. The molecule has 0 saturated carbocycles. The van der Waals surface area contributed by atoms with Crippen LogP contribution < -0.4 is 0 Å². The van der Waals surface area contributed by atoms with Gasteiger partial charge in [0.05, 0.1) is 5.69 Å². The fraction of sp³-hybridized carbons (Fsp3) is 0.417. The standard InChI is InChI=1S/C17H19NS.C7H14N2O/c1-4-6-7-10-14-11-8-9-12-15(14)17-18-13(3)16(5-2)19-17;1-8(2)7-3-4-9(5-7)6-10/h4,6-12H,5H2,1-3H3;6-7H,3-5H2,1-2H3/b6-4-,10-7-;. The van der Waals surface area contributed by atoms with E-state index >= 15 is 0 Å². The fourth-order valence-corrected chi connectivity index (χ4v) is 4.31. The highest BCUT2D eigenvalue weighted by atomic mass is 32.1. The van der Waals surface area contributed by atoms with Gasteiger partial charge in [-0.1, -0.05) is 55.5 Å². The highest BCUT2D eigenvalue weighted by Crippen LogP contribution is 2.31. The van der Waals surface area contributed by atoms with Crippen molar-refractivity contribution in [3.63, 3.8) is 0 Å². The predicted octanol–water partition coefficient (Wildman–Crippen LogP) is 5.05. The van der Waals surface area contributed by atoms with E-state index in [-0.39, 0.29) is 0 Å². The molecule has 1 unspecified atom stereocenters. The molecule has 0 aliphatic carbocycles. The van der Waals surface area contributed by atoms with E-state index in [2.05, 4.69) is 69.3 Å². The number of thiazole rings is 1. The molecule has 1 aromatic carbocycles. The van der Waals surface area contributed by atoms with Gasteiger partial charge < -0.3 is 9.80 Å². The maximum absolute atomic E-state index is 10.3. The summed E-state index contributed by atoms with van der Waals surface area (Å²) in [5.74, 6) is 0. The number of carbonyl (C=O) groups excluding carboxylic acids is 1. The van der Waals surface area contributed by atoms with Crippen LogP contribution in [0.4, 0.5) is 0 Å². The Kier molecular flexibility index (Phi) is 9.29. The first-order chi connectivity index (χ1) is 14.0. The van der Waals surface area contributed by atoms with Crippen molar-refractivity contribution in [1.29, 1.82) is 0 Å². The largest absolute Gasteiger partial charge is 0.344 e. The van der Waals surface area contributed by atoms with Gasteiger partial charge in [-0.3, -0.25) is 4.79 Å². The van der Waals surface area contributed by atoms with Crippen molar-refractivity contribution in [3.8, 4) is 10.6 Å². The molecule has 0 spiro atoms. The summed E-state index contributed by atoms with van der Waals surface area (Å²) in [6.07, 6.45) is 11.4. The SMILES string of the molecule is C/C=C\C=C/c1ccccc1-c1nc(C)c(CC)s1.CN(C)C1CCN(C=O)C1. The first kappa shape index (κ1) is 23.0. The van der Waals surface area contributed by atoms with Crippen molar-refractivity contribution in [2.45, 2.75) is 39.7 Å². The van der Waals surface area contributed by atoms with Crippen molar-refractivity contribution in [2.75, 3.05) is 27.2 Å². The molecule has 0 radical (unpaired) electrons. The molecule has 1 amide bonds. The molecule has 1 aliphatic heterocycles. The van der Waals surface area contributed by atoms with Crippen LogP contribution in [0.15, 0.2) is 42.5 Å². The summed E-state index contributed by atoms with van der Waals surface area (Å²) < 4.78 is 0. The monoisotopic (exact) mass is 411 g/mol. The molecule has 2 heterocycles. The third-order valence-corrected chi connectivity index (χ3v) is 6.39. The van der Waals surface area contributed by atoms with Gasteiger partial charge in [-0.15, -0.1) is 11.3 Å². The van der Waals surface area contributed by atoms with Crippen LogP contribution in [0.25, 0.3) is 16.6 Å². The molecule has 1 saturated heterocycles. The van der Waals surface area contributed by atoms with E-state index in [1.54, 1.807) is 11.3 Å². The van der Waals surface area contributed by atoms with E-state index < -0.39 is 0 Å². The molecule has 156 valence electrons. The second-order valence-electron chi connectivity index (χ2n) is 7.36. The van der Waals surface area contributed by atoms with E-state index in [9.17, 15) is 4.79 Å². The van der Waals surface area contributed by atoms with Crippen molar-refractivity contribution < 1.29 is 4.79 Å². The van der Waals surface area contributed by atoms with Crippen LogP contribution in [-0.4, -0.2) is 54.4 Å². The number of benzene rings is 1. The topological polar surface area (TPSA) is 36.4 Å². The van der Waals surface area contributed by atoms with E-state index in [0.29, 0.717) is 6.04 Å². The number of hydrogen-bond acceptors (Lipinski definition) is 4. The molecule has 2 aromatic rings. The number of rotatable bonds is 6. The smallest absolute Gasteiger partial charge is 0.209 e. The minimum Gasteiger partial charge on any atom is -0.344 e. The fourth-order valence-electron chi connectivity index (χ4n) is 3.26. The Morgan fingerprint density at radius 2 is 2.03 bits per heavy atom. The lowest BCUT2D eigenvalue weighted by molar-refractivity contribution is -0.117. The summed E-state index contributed by atoms with van der Waals surface area (Å²) in [6, 6.07) is 9.00. The molecular weight excluding hydrogens is 378 g/mol. The van der Waals surface area contributed by atoms with Gasteiger partial charge in [-0.2, -0.15) is 0 Å². The number of aromatic nitrogens is 1. The van der Waals surface area contributed by atoms with Crippen molar-refractivity contribution in [2.24, 2.45) is 0 Å². The third kappa shape index (κ3) is 6.65. The van der Waals surface area contributed by atoms with Crippen LogP contribution in [0.2, 0.25) is 0 Å². The second-order valence-corrected chi connectivity index (χ2v) is 8.44. The van der Waals surface area contributed by atoms with Gasteiger partial charge in [0, 0.05) is 29.6 Å². The summed E-state index contributed by atoms with van der Waals surface area (Å²) in [5.41, 5.74) is 3.60. The number of aryl methyl sites for hydroxylation is 2. The number of hydrogen-bond donors (Lipinski definition) is 0. The quantitative estimate of drug-likeness (QED) is 0.493. The average Bonchev–Trinajstić information content (AvgIpc) is 3.35. The van der Waals surface area contributed by atoms with E-state index in [0.717, 1.165) is 43.0 Å². The molecule has 3 rings (SSSR count). The van der Waals surface area contributed by atoms with Crippen LogP contribution >= 0.6 is 11.3 Å². The first-order valence-electron chi connectivity index (χ1n) is 10.2. The highest BCUT2D eigenvalue weighted by Gasteiger charge is 2.22. The average molecular weight is 412 g/mol. The minimum atomic E-state index is 0.574. The Hall–Kier alpha value is -2.24. The van der Waals surface area contributed by atoms with Crippen LogP contribution in [-0.2, 0) is 11.2 Å². The van der Waals surface area contributed by atoms with Crippen LogP contribution in [0, 0.1) is 6.92 Å². The Labute approximate surface area is 179 Å². The van der Waals surface area contributed by atoms with Gasteiger partial charge in [0.1, 0.15) is 5.01 Å². The van der Waals surface area contributed by atoms with Gasteiger partial charge in [0.2, 0.25) is 6.41 Å². The lowest BCUT2D eigenvalue weighted by Crippen LogP contribution is -2.30. The zero-order valence-electron chi connectivity index (χ0n) is 18.3. The Morgan fingerprint density at radius 3 is 2.59 bits per heavy atom. The molecule has 1 aliphatic rings. The molecule has 0 bridgehead atoms. The number of nitrogens with zero attached hydrogens (tertiary/aromatic N) is 3. The molecule has 0 N–H and O–H groups in total. The van der Waals surface area contributed by atoms with Gasteiger partial charge in [0.25, 0.3) is 0 Å². The molecule has 1 atom stereocenters. The summed E-state index contributed by atoms with van der Waals surface area (Å²) in [4.78, 5) is 20.4. The minimum absolute atomic E-state index is 0.574. The van der Waals surface area contributed by atoms with Crippen molar-refractivity contribution >= 4 is 23.8 Å². The number of amides is 1. The maximum Gasteiger partial charge on any atom is 0.209 e. The second kappa shape index (κ2) is 11.7. The van der Waals surface area contributed by atoms with E-state index in [1.807, 2.05) is 24.0 Å². The number of allylic oxidation sites excluding steroid dienone is 3. The van der Waals surface area contributed by atoms with Gasteiger partial charge in [-0.25, -0.2) is 4.98 Å². The number of likely N-dealkylation sites (tertiary alicyclic amines) is 1. The third-order valence-electron chi connectivity index (χ3n) is 5.06. The molecular formula is C24H33N3OS. The molecule has 5 heteroatoms. The lowest BCUT2D eigenvalue weighted by atomic mass is 10.1. The molecule has 1 aromatic heterocycles. The molecule has 29 heavy (non-hydrogen) atoms. The summed E-state index contributed by atoms with van der Waals surface area (Å²) in [6.45, 7) is 8.12. The predicted molar refractivity (Wildman–Crippen MR) is 125 cm³/mol. The van der Waals surface area contributed by atoms with Crippen LogP contribution in [0.5, 0.6) is 0 Å². The highest BCUT2D eigenvalue weighted by molar-refractivity contribution is 7.15. The van der Waals surface area contributed by atoms with Gasteiger partial charge >= 0.3 is 0 Å². The number of likely N-dealkylation sites (N-methyl/N-ethyl adjacent to an activating group) is 1. The first-order valence-corrected chi connectivity index (χ1v) is 11.0. The van der Waals surface area contributed by atoms with Crippen molar-refractivity contribution in [1.82, 2.24) is 14.8 Å². The number of carbonyl (C=O) groups is 1. The normalized spacial score (nSPS) is 16.6. The summed E-state index contributed by atoms with van der Waals surface area (Å²) >= 11 is 1.80. The molecule has 4 nitrogen and oxygen atoms in total. The summed E-state index contributed by atoms with van der Waals surface area (Å²) in [7, 11) is 4.11. The Balaban J connectivity index is 0.000000253. The zero-order chi connectivity index (χ0) is 21.2. The Morgan fingerprint density at radius 1 is 1.28 bits per heavy atom. The van der Waals surface area contributed by atoms with E-state index in [4.69, 9.17) is 4.98 Å². The van der Waals surface area contributed by atoms with E-state index in [1.165, 1.54) is 16.0 Å². The zero-order valence-corrected chi connectivity index (χ0v) is 19.1. The molecule has 1 fully saturated rings. The van der Waals surface area contributed by atoms with Crippen LogP contribution in [0.1, 0.15) is 36.4 Å².